The largest absolute Gasteiger partial charge is 0.339 e. The predicted octanol–water partition coefficient (Wildman–Crippen LogP) is 2.68. The lowest BCUT2D eigenvalue weighted by Gasteiger charge is -2.32. The van der Waals surface area contributed by atoms with Crippen LogP contribution in [0.3, 0.4) is 0 Å². The molecule has 1 atom stereocenters. The van der Waals surface area contributed by atoms with Gasteiger partial charge in [-0.15, -0.1) is 11.8 Å². The van der Waals surface area contributed by atoms with E-state index in [4.69, 9.17) is 0 Å². The van der Waals surface area contributed by atoms with Crippen LogP contribution in [0.1, 0.15) is 10.4 Å². The maximum Gasteiger partial charge on any atom is 0.255 e. The van der Waals surface area contributed by atoms with Gasteiger partial charge in [-0.25, -0.2) is 4.39 Å². The van der Waals surface area contributed by atoms with Crippen molar-refractivity contribution in [2.75, 3.05) is 36.2 Å². The number of hydrogen-bond acceptors (Lipinski definition) is 4. The molecule has 0 bridgehead atoms. The van der Waals surface area contributed by atoms with Crippen molar-refractivity contribution < 1.29 is 14.0 Å². The third-order valence-corrected chi connectivity index (χ3v) is 6.52. The number of amides is 2. The normalized spacial score (nSPS) is 21.6. The average Bonchev–Trinajstić information content (AvgIpc) is 3.06. The molecule has 2 aliphatic rings. The molecule has 0 spiro atoms. The fraction of sp³-hybridized carbons (Fsp3) is 0.467. The summed E-state index contributed by atoms with van der Waals surface area (Å²) in [6.45, 7) is 1.47. The van der Waals surface area contributed by atoms with Gasteiger partial charge >= 0.3 is 0 Å². The quantitative estimate of drug-likeness (QED) is 0.739. The molecule has 0 saturated carbocycles. The van der Waals surface area contributed by atoms with Gasteiger partial charge < -0.3 is 9.80 Å². The standard InChI is InChI=1S/C15H16BrFN2O2S2/c16-11-2-1-10(7-12(11)17)14(20)19-9-23-8-13(19)15(21)18-3-5-22-6-4-18/h1-2,7,13H,3-6,8-9H2. The zero-order valence-electron chi connectivity index (χ0n) is 12.3. The van der Waals surface area contributed by atoms with Gasteiger partial charge in [-0.2, -0.15) is 11.8 Å². The number of rotatable bonds is 2. The monoisotopic (exact) mass is 418 g/mol. The molecule has 2 fully saturated rings. The van der Waals surface area contributed by atoms with Crippen molar-refractivity contribution in [3.63, 3.8) is 0 Å². The van der Waals surface area contributed by atoms with E-state index in [0.717, 1.165) is 24.6 Å². The zero-order valence-corrected chi connectivity index (χ0v) is 15.6. The maximum atomic E-state index is 13.7. The van der Waals surface area contributed by atoms with Crippen molar-refractivity contribution in [3.05, 3.63) is 34.1 Å². The summed E-state index contributed by atoms with van der Waals surface area (Å²) in [5.41, 5.74) is 0.278. The molecule has 0 radical (unpaired) electrons. The van der Waals surface area contributed by atoms with Gasteiger partial charge in [0.25, 0.3) is 5.91 Å². The van der Waals surface area contributed by atoms with Gasteiger partial charge in [0.1, 0.15) is 11.9 Å². The van der Waals surface area contributed by atoms with E-state index in [1.807, 2.05) is 16.7 Å². The van der Waals surface area contributed by atoms with E-state index in [0.29, 0.717) is 16.1 Å². The molecule has 1 aromatic carbocycles. The minimum absolute atomic E-state index is 0.0150. The van der Waals surface area contributed by atoms with Crippen molar-refractivity contribution >= 4 is 51.3 Å². The third-order valence-electron chi connectivity index (χ3n) is 3.92. The number of thioether (sulfide) groups is 2. The van der Waals surface area contributed by atoms with Crippen LogP contribution in [0.15, 0.2) is 22.7 Å². The number of nitrogens with zero attached hydrogens (tertiary/aromatic N) is 2. The molecule has 0 aliphatic carbocycles. The van der Waals surface area contributed by atoms with Crippen molar-refractivity contribution in [1.29, 1.82) is 0 Å². The van der Waals surface area contributed by atoms with Crippen molar-refractivity contribution in [3.8, 4) is 0 Å². The van der Waals surface area contributed by atoms with Gasteiger partial charge in [0, 0.05) is 35.9 Å². The van der Waals surface area contributed by atoms with E-state index >= 15 is 0 Å². The highest BCUT2D eigenvalue weighted by atomic mass is 79.9. The first-order valence-electron chi connectivity index (χ1n) is 7.28. The van der Waals surface area contributed by atoms with Crippen LogP contribution in [-0.4, -0.2) is 63.9 Å². The summed E-state index contributed by atoms with van der Waals surface area (Å²) in [7, 11) is 0. The Morgan fingerprint density at radius 3 is 2.65 bits per heavy atom. The van der Waals surface area contributed by atoms with E-state index in [1.54, 1.807) is 22.7 Å². The van der Waals surface area contributed by atoms with Gasteiger partial charge in [-0.1, -0.05) is 0 Å². The van der Waals surface area contributed by atoms with Gasteiger partial charge in [0.05, 0.1) is 10.3 Å². The highest BCUT2D eigenvalue weighted by Gasteiger charge is 2.37. The number of carbonyl (C=O) groups excluding carboxylic acids is 2. The molecule has 3 rings (SSSR count). The summed E-state index contributed by atoms with van der Waals surface area (Å²) in [6.07, 6.45) is 0. The summed E-state index contributed by atoms with van der Waals surface area (Å²) in [6, 6.07) is 3.87. The Labute approximate surface area is 151 Å². The van der Waals surface area contributed by atoms with Crippen LogP contribution in [0.5, 0.6) is 0 Å². The van der Waals surface area contributed by atoms with E-state index in [1.165, 1.54) is 12.1 Å². The fourth-order valence-electron chi connectivity index (χ4n) is 2.64. The van der Waals surface area contributed by atoms with Crippen LogP contribution in [0.4, 0.5) is 4.39 Å². The topological polar surface area (TPSA) is 40.6 Å². The molecular formula is C15H16BrFN2O2S2. The van der Waals surface area contributed by atoms with Crippen LogP contribution >= 0.6 is 39.5 Å². The summed E-state index contributed by atoms with van der Waals surface area (Å²) in [4.78, 5) is 28.8. The maximum absolute atomic E-state index is 13.7. The second-order valence-electron chi connectivity index (χ2n) is 5.36. The van der Waals surface area contributed by atoms with Crippen molar-refractivity contribution in [2.45, 2.75) is 6.04 Å². The first-order valence-corrected chi connectivity index (χ1v) is 10.4. The molecule has 4 nitrogen and oxygen atoms in total. The van der Waals surface area contributed by atoms with E-state index < -0.39 is 11.9 Å². The Morgan fingerprint density at radius 1 is 1.22 bits per heavy atom. The van der Waals surface area contributed by atoms with Crippen LogP contribution in [0.2, 0.25) is 0 Å². The molecule has 8 heteroatoms. The Morgan fingerprint density at radius 2 is 1.96 bits per heavy atom. The van der Waals surface area contributed by atoms with Gasteiger partial charge in [-0.3, -0.25) is 9.59 Å². The molecular weight excluding hydrogens is 403 g/mol. The second kappa shape index (κ2) is 7.44. The van der Waals surface area contributed by atoms with Crippen molar-refractivity contribution in [1.82, 2.24) is 9.80 Å². The van der Waals surface area contributed by atoms with Gasteiger partial charge in [0.15, 0.2) is 0 Å². The minimum atomic E-state index is -0.473. The number of carbonyl (C=O) groups is 2. The van der Waals surface area contributed by atoms with Crippen LogP contribution in [-0.2, 0) is 4.79 Å². The smallest absolute Gasteiger partial charge is 0.255 e. The van der Waals surface area contributed by atoms with Crippen LogP contribution in [0.25, 0.3) is 0 Å². The molecule has 2 amide bonds. The molecule has 2 aliphatic heterocycles. The SMILES string of the molecule is O=C(C1CSCN1C(=O)c1ccc(Br)c(F)c1)N1CCSCC1. The molecule has 2 saturated heterocycles. The molecule has 23 heavy (non-hydrogen) atoms. The van der Waals surface area contributed by atoms with E-state index in [9.17, 15) is 14.0 Å². The molecule has 124 valence electrons. The summed E-state index contributed by atoms with van der Waals surface area (Å²) in [5.74, 6) is 2.21. The van der Waals surface area contributed by atoms with Gasteiger partial charge in [0.2, 0.25) is 5.91 Å². The Kier molecular flexibility index (Phi) is 5.53. The number of hydrogen-bond donors (Lipinski definition) is 0. The molecule has 0 N–H and O–H groups in total. The Balaban J connectivity index is 1.76. The summed E-state index contributed by atoms with van der Waals surface area (Å²) in [5, 5.41) is 0. The first-order chi connectivity index (χ1) is 11.1. The molecule has 2 heterocycles. The second-order valence-corrected chi connectivity index (χ2v) is 8.44. The lowest BCUT2D eigenvalue weighted by Crippen LogP contribution is -2.51. The van der Waals surface area contributed by atoms with E-state index in [2.05, 4.69) is 15.9 Å². The number of benzene rings is 1. The Hall–Kier alpha value is -0.730. The fourth-order valence-corrected chi connectivity index (χ4v) is 4.93. The highest BCUT2D eigenvalue weighted by molar-refractivity contribution is 9.10. The lowest BCUT2D eigenvalue weighted by molar-refractivity contribution is -0.134. The summed E-state index contributed by atoms with van der Waals surface area (Å²) < 4.78 is 14.0. The van der Waals surface area contributed by atoms with E-state index in [-0.39, 0.29) is 17.4 Å². The lowest BCUT2D eigenvalue weighted by atomic mass is 10.1. The summed E-state index contributed by atoms with van der Waals surface area (Å²) >= 11 is 6.48. The number of halogens is 2. The minimum Gasteiger partial charge on any atom is -0.339 e. The molecule has 0 aromatic heterocycles. The predicted molar refractivity (Wildman–Crippen MR) is 95.3 cm³/mol. The third kappa shape index (κ3) is 3.69. The van der Waals surface area contributed by atoms with Crippen molar-refractivity contribution in [2.24, 2.45) is 0 Å². The van der Waals surface area contributed by atoms with Gasteiger partial charge in [-0.05, 0) is 34.1 Å². The molecule has 1 unspecified atom stereocenters. The Bertz CT molecular complexity index is 625. The molecule has 1 aromatic rings. The zero-order chi connectivity index (χ0) is 16.4. The van der Waals surface area contributed by atoms with Crippen LogP contribution in [0, 0.1) is 5.82 Å². The van der Waals surface area contributed by atoms with Crippen LogP contribution < -0.4 is 0 Å². The average molecular weight is 419 g/mol. The highest BCUT2D eigenvalue weighted by Crippen LogP contribution is 2.26. The first kappa shape index (κ1) is 17.1.